The Balaban J connectivity index is 2.28. The normalized spacial score (nSPS) is 10.3. The summed E-state index contributed by atoms with van der Waals surface area (Å²) >= 11 is 1.16. The van der Waals surface area contributed by atoms with Crippen LogP contribution in [0.4, 0.5) is 0 Å². The van der Waals surface area contributed by atoms with E-state index >= 15 is 0 Å². The van der Waals surface area contributed by atoms with Gasteiger partial charge < -0.3 is 10.4 Å². The van der Waals surface area contributed by atoms with E-state index in [0.717, 1.165) is 22.5 Å². The number of nitrogens with one attached hydrogen (secondary N) is 1. The molecule has 2 N–H and O–H groups in total. The summed E-state index contributed by atoms with van der Waals surface area (Å²) in [6, 6.07) is 7.54. The van der Waals surface area contributed by atoms with Crippen molar-refractivity contribution in [2.24, 2.45) is 0 Å². The summed E-state index contributed by atoms with van der Waals surface area (Å²) in [5, 5.41) is 12.4. The van der Waals surface area contributed by atoms with Gasteiger partial charge in [-0.3, -0.25) is 4.79 Å². The Labute approximate surface area is 120 Å². The summed E-state index contributed by atoms with van der Waals surface area (Å²) in [6.45, 7) is 3.59. The van der Waals surface area contributed by atoms with Crippen molar-refractivity contribution < 1.29 is 14.7 Å². The first-order valence-electron chi connectivity index (χ1n) is 6.02. The minimum Gasteiger partial charge on any atom is -0.477 e. The maximum atomic E-state index is 11.0. The molecule has 1 heterocycles. The van der Waals surface area contributed by atoms with Crippen molar-refractivity contribution in [1.29, 1.82) is 0 Å². The van der Waals surface area contributed by atoms with Crippen molar-refractivity contribution in [2.45, 2.75) is 20.4 Å². The van der Waals surface area contributed by atoms with Gasteiger partial charge in [0.15, 0.2) is 0 Å². The molecule has 0 unspecified atom stereocenters. The van der Waals surface area contributed by atoms with Gasteiger partial charge in [0.1, 0.15) is 9.88 Å². The molecule has 0 radical (unpaired) electrons. The smallest absolute Gasteiger partial charge is 0.347 e. The fourth-order valence-electron chi connectivity index (χ4n) is 1.76. The van der Waals surface area contributed by atoms with Crippen LogP contribution in [-0.2, 0) is 11.3 Å². The van der Waals surface area contributed by atoms with E-state index in [2.05, 4.69) is 10.3 Å². The van der Waals surface area contributed by atoms with Gasteiger partial charge in [0.25, 0.3) is 0 Å². The minimum atomic E-state index is -0.958. The van der Waals surface area contributed by atoms with Crippen LogP contribution < -0.4 is 5.32 Å². The fraction of sp³-hybridized carbons (Fsp3) is 0.214. The Bertz CT molecular complexity index is 664. The first-order valence-corrected chi connectivity index (χ1v) is 6.83. The van der Waals surface area contributed by atoms with Gasteiger partial charge in [-0.05, 0) is 18.6 Å². The van der Waals surface area contributed by atoms with Crippen LogP contribution in [-0.4, -0.2) is 22.0 Å². The van der Waals surface area contributed by atoms with Crippen molar-refractivity contribution >= 4 is 23.2 Å². The number of amides is 1. The van der Waals surface area contributed by atoms with Crippen molar-refractivity contribution in [3.63, 3.8) is 0 Å². The summed E-state index contributed by atoms with van der Waals surface area (Å²) in [6.07, 6.45) is 0. The second-order valence-corrected chi connectivity index (χ2v) is 5.35. The predicted octanol–water partition coefficient (Wildman–Crippen LogP) is 2.45. The van der Waals surface area contributed by atoms with Crippen molar-refractivity contribution in [3.8, 4) is 10.6 Å². The van der Waals surface area contributed by atoms with Gasteiger partial charge in [-0.2, -0.15) is 0 Å². The Hall–Kier alpha value is -2.21. The zero-order valence-electron chi connectivity index (χ0n) is 11.1. The van der Waals surface area contributed by atoms with Gasteiger partial charge in [0.2, 0.25) is 5.91 Å². The molecule has 0 atom stereocenters. The predicted molar refractivity (Wildman–Crippen MR) is 76.8 cm³/mol. The van der Waals surface area contributed by atoms with Crippen LogP contribution in [0.2, 0.25) is 0 Å². The molecule has 104 valence electrons. The Kier molecular flexibility index (Phi) is 4.14. The van der Waals surface area contributed by atoms with E-state index in [1.807, 2.05) is 24.3 Å². The number of carbonyl (C=O) groups excluding carboxylic acids is 1. The monoisotopic (exact) mass is 290 g/mol. The Morgan fingerprint density at radius 1 is 1.40 bits per heavy atom. The summed E-state index contributed by atoms with van der Waals surface area (Å²) < 4.78 is 0. The summed E-state index contributed by atoms with van der Waals surface area (Å²) in [4.78, 5) is 26.5. The molecule has 20 heavy (non-hydrogen) atoms. The number of thiazole rings is 1. The van der Waals surface area contributed by atoms with Crippen LogP contribution in [0, 0.1) is 6.92 Å². The van der Waals surface area contributed by atoms with Crippen LogP contribution in [0.3, 0.4) is 0 Å². The molecule has 0 saturated heterocycles. The van der Waals surface area contributed by atoms with E-state index in [4.69, 9.17) is 5.11 Å². The highest BCUT2D eigenvalue weighted by Gasteiger charge is 2.15. The number of carbonyl (C=O) groups is 2. The number of rotatable bonds is 4. The van der Waals surface area contributed by atoms with E-state index in [9.17, 15) is 9.59 Å². The van der Waals surface area contributed by atoms with Crippen LogP contribution in [0.1, 0.15) is 27.9 Å². The third-order valence-corrected chi connectivity index (χ3v) is 3.90. The molecule has 5 nitrogen and oxygen atoms in total. The number of aryl methyl sites for hydroxylation is 1. The van der Waals surface area contributed by atoms with Gasteiger partial charge in [-0.15, -0.1) is 11.3 Å². The molecule has 0 aliphatic rings. The third-order valence-electron chi connectivity index (χ3n) is 2.71. The van der Waals surface area contributed by atoms with Crippen molar-refractivity contribution in [3.05, 3.63) is 40.4 Å². The number of hydrogen-bond donors (Lipinski definition) is 2. The van der Waals surface area contributed by atoms with Gasteiger partial charge in [-0.1, -0.05) is 18.2 Å². The Morgan fingerprint density at radius 3 is 2.75 bits per heavy atom. The number of aromatic nitrogens is 1. The van der Waals surface area contributed by atoms with Gasteiger partial charge in [0, 0.05) is 19.0 Å². The molecule has 1 aromatic heterocycles. The average molecular weight is 290 g/mol. The van der Waals surface area contributed by atoms with Crippen LogP contribution >= 0.6 is 11.3 Å². The molecule has 0 bridgehead atoms. The van der Waals surface area contributed by atoms with Crippen LogP contribution in [0.5, 0.6) is 0 Å². The molecule has 1 aromatic carbocycles. The van der Waals surface area contributed by atoms with E-state index in [0.29, 0.717) is 17.2 Å². The molecule has 0 saturated carbocycles. The maximum absolute atomic E-state index is 11.0. The lowest BCUT2D eigenvalue weighted by molar-refractivity contribution is -0.119. The molecule has 0 fully saturated rings. The van der Waals surface area contributed by atoms with Gasteiger partial charge in [0.05, 0.1) is 5.69 Å². The lowest BCUT2D eigenvalue weighted by Gasteiger charge is -2.04. The van der Waals surface area contributed by atoms with Crippen molar-refractivity contribution in [2.75, 3.05) is 0 Å². The molecule has 0 aliphatic heterocycles. The number of aromatic carboxylic acids is 1. The number of benzene rings is 1. The highest BCUT2D eigenvalue weighted by Crippen LogP contribution is 2.28. The highest BCUT2D eigenvalue weighted by atomic mass is 32.1. The second-order valence-electron chi connectivity index (χ2n) is 4.35. The first-order chi connectivity index (χ1) is 9.47. The summed E-state index contributed by atoms with van der Waals surface area (Å²) in [5.41, 5.74) is 2.32. The largest absolute Gasteiger partial charge is 0.477 e. The van der Waals surface area contributed by atoms with E-state index < -0.39 is 5.97 Å². The molecule has 0 aliphatic carbocycles. The summed E-state index contributed by atoms with van der Waals surface area (Å²) in [7, 11) is 0. The summed E-state index contributed by atoms with van der Waals surface area (Å²) in [5.74, 6) is -1.05. The average Bonchev–Trinajstić information content (AvgIpc) is 2.79. The molecule has 1 amide bonds. The van der Waals surface area contributed by atoms with Gasteiger partial charge in [-0.25, -0.2) is 9.78 Å². The molecule has 6 heteroatoms. The van der Waals surface area contributed by atoms with Crippen LogP contribution in [0.15, 0.2) is 24.3 Å². The second kappa shape index (κ2) is 5.83. The lowest BCUT2D eigenvalue weighted by atomic mass is 10.1. The number of nitrogens with zero attached hydrogens (tertiary/aromatic N) is 1. The topological polar surface area (TPSA) is 79.3 Å². The maximum Gasteiger partial charge on any atom is 0.347 e. The van der Waals surface area contributed by atoms with Crippen LogP contribution in [0.25, 0.3) is 10.6 Å². The molecule has 0 spiro atoms. The van der Waals surface area contributed by atoms with Gasteiger partial charge >= 0.3 is 5.97 Å². The molecule has 2 aromatic rings. The van der Waals surface area contributed by atoms with E-state index in [-0.39, 0.29) is 10.8 Å². The third kappa shape index (κ3) is 3.21. The zero-order chi connectivity index (χ0) is 14.7. The van der Waals surface area contributed by atoms with E-state index in [1.165, 1.54) is 6.92 Å². The quantitative estimate of drug-likeness (QED) is 0.906. The SMILES string of the molecule is CC(=O)NCc1cccc(-c2nc(C)c(C(=O)O)s2)c1. The number of carboxylic acid groups (broad SMARTS) is 1. The fourth-order valence-corrected chi connectivity index (χ4v) is 2.66. The standard InChI is InChI=1S/C14H14N2O3S/c1-8-12(14(18)19)20-13(16-8)11-5-3-4-10(6-11)7-15-9(2)17/h3-6H,7H2,1-2H3,(H,15,17)(H,18,19). The Morgan fingerprint density at radius 2 is 2.15 bits per heavy atom. The number of hydrogen-bond acceptors (Lipinski definition) is 4. The molecular weight excluding hydrogens is 276 g/mol. The van der Waals surface area contributed by atoms with Crippen molar-refractivity contribution in [1.82, 2.24) is 10.3 Å². The molecular formula is C14H14N2O3S. The highest BCUT2D eigenvalue weighted by molar-refractivity contribution is 7.17. The van der Waals surface area contributed by atoms with E-state index in [1.54, 1.807) is 6.92 Å². The minimum absolute atomic E-state index is 0.0892. The lowest BCUT2D eigenvalue weighted by Crippen LogP contribution is -2.18. The zero-order valence-corrected chi connectivity index (χ0v) is 12.0. The first kappa shape index (κ1) is 14.2. The molecule has 2 rings (SSSR count). The number of carboxylic acids is 1.